The molecule has 0 saturated carbocycles. The lowest BCUT2D eigenvalue weighted by Gasteiger charge is -2.32. The molecule has 0 spiro atoms. The van der Waals surface area contributed by atoms with E-state index in [9.17, 15) is 8.78 Å². The lowest BCUT2D eigenvalue weighted by atomic mass is 10.0. The number of benzene rings is 2. The first-order chi connectivity index (χ1) is 10.2. The SMILES string of the molecule is NNC(c1cc(F)ccc1F)C1COc2ccccc2O1. The van der Waals surface area contributed by atoms with Gasteiger partial charge in [0.1, 0.15) is 18.2 Å². The second-order valence-electron chi connectivity index (χ2n) is 4.72. The topological polar surface area (TPSA) is 56.5 Å². The first-order valence-corrected chi connectivity index (χ1v) is 6.48. The van der Waals surface area contributed by atoms with E-state index in [1.165, 1.54) is 0 Å². The first-order valence-electron chi connectivity index (χ1n) is 6.48. The summed E-state index contributed by atoms with van der Waals surface area (Å²) in [4.78, 5) is 0. The number of hydrogen-bond donors (Lipinski definition) is 2. The molecule has 0 fully saturated rings. The summed E-state index contributed by atoms with van der Waals surface area (Å²) in [5.74, 6) is 5.57. The highest BCUT2D eigenvalue weighted by molar-refractivity contribution is 5.41. The molecule has 110 valence electrons. The minimum atomic E-state index is -0.728. The number of hydrazine groups is 1. The van der Waals surface area contributed by atoms with Crippen LogP contribution in [0.3, 0.4) is 0 Å². The van der Waals surface area contributed by atoms with Gasteiger partial charge in [-0.3, -0.25) is 5.84 Å². The number of halogens is 2. The normalized spacial score (nSPS) is 18.3. The molecule has 4 nitrogen and oxygen atoms in total. The summed E-state index contributed by atoms with van der Waals surface area (Å²) < 4.78 is 38.6. The molecule has 0 saturated heterocycles. The Balaban J connectivity index is 1.90. The van der Waals surface area contributed by atoms with Gasteiger partial charge in [0.2, 0.25) is 0 Å². The van der Waals surface area contributed by atoms with E-state index >= 15 is 0 Å². The van der Waals surface area contributed by atoms with Gasteiger partial charge in [0.25, 0.3) is 0 Å². The molecule has 2 atom stereocenters. The van der Waals surface area contributed by atoms with Crippen LogP contribution in [0.2, 0.25) is 0 Å². The fourth-order valence-corrected chi connectivity index (χ4v) is 2.35. The Morgan fingerprint density at radius 1 is 1.14 bits per heavy atom. The average Bonchev–Trinajstić information content (AvgIpc) is 2.51. The van der Waals surface area contributed by atoms with Crippen molar-refractivity contribution < 1.29 is 18.3 Å². The van der Waals surface area contributed by atoms with Gasteiger partial charge in [-0.1, -0.05) is 12.1 Å². The van der Waals surface area contributed by atoms with E-state index in [0.717, 1.165) is 18.2 Å². The molecule has 3 N–H and O–H groups in total. The van der Waals surface area contributed by atoms with Gasteiger partial charge >= 0.3 is 0 Å². The number of rotatable bonds is 3. The highest BCUT2D eigenvalue weighted by Crippen LogP contribution is 2.34. The van der Waals surface area contributed by atoms with Crippen LogP contribution in [0.15, 0.2) is 42.5 Å². The number of para-hydroxylation sites is 2. The molecule has 2 unspecified atom stereocenters. The fraction of sp³-hybridized carbons (Fsp3) is 0.200. The fourth-order valence-electron chi connectivity index (χ4n) is 2.35. The van der Waals surface area contributed by atoms with E-state index in [2.05, 4.69) is 5.43 Å². The van der Waals surface area contributed by atoms with Crippen molar-refractivity contribution in [3.05, 3.63) is 59.7 Å². The van der Waals surface area contributed by atoms with Crippen molar-refractivity contribution >= 4 is 0 Å². The Bertz CT molecular complexity index is 651. The van der Waals surface area contributed by atoms with Gasteiger partial charge in [0, 0.05) is 5.56 Å². The maximum atomic E-state index is 13.9. The van der Waals surface area contributed by atoms with Gasteiger partial charge in [-0.15, -0.1) is 0 Å². The van der Waals surface area contributed by atoms with Crippen molar-refractivity contribution in [3.8, 4) is 11.5 Å². The second kappa shape index (κ2) is 5.67. The van der Waals surface area contributed by atoms with E-state index in [0.29, 0.717) is 11.5 Å². The molecule has 0 aliphatic carbocycles. The van der Waals surface area contributed by atoms with Gasteiger partial charge in [0.05, 0.1) is 6.04 Å². The molecule has 0 radical (unpaired) electrons. The molecule has 1 aliphatic heterocycles. The van der Waals surface area contributed by atoms with Crippen LogP contribution in [0.4, 0.5) is 8.78 Å². The molecule has 1 aliphatic rings. The summed E-state index contributed by atoms with van der Waals surface area (Å²) in [6.45, 7) is 0.182. The zero-order valence-corrected chi connectivity index (χ0v) is 11.1. The molecule has 3 rings (SSSR count). The predicted molar refractivity (Wildman–Crippen MR) is 72.8 cm³/mol. The third kappa shape index (κ3) is 2.68. The molecule has 2 aromatic carbocycles. The molecule has 21 heavy (non-hydrogen) atoms. The number of nitrogens with one attached hydrogen (secondary N) is 1. The number of ether oxygens (including phenoxy) is 2. The van der Waals surface area contributed by atoms with Crippen molar-refractivity contribution in [2.24, 2.45) is 5.84 Å². The van der Waals surface area contributed by atoms with E-state index in [1.807, 2.05) is 6.07 Å². The van der Waals surface area contributed by atoms with Crippen LogP contribution in [-0.4, -0.2) is 12.7 Å². The quantitative estimate of drug-likeness (QED) is 0.673. The van der Waals surface area contributed by atoms with Gasteiger partial charge in [-0.05, 0) is 30.3 Å². The van der Waals surface area contributed by atoms with Crippen LogP contribution in [0.1, 0.15) is 11.6 Å². The molecule has 0 amide bonds. The lowest BCUT2D eigenvalue weighted by molar-refractivity contribution is 0.0606. The summed E-state index contributed by atoms with van der Waals surface area (Å²) in [5.41, 5.74) is 2.58. The van der Waals surface area contributed by atoms with Crippen molar-refractivity contribution in [1.82, 2.24) is 5.43 Å². The van der Waals surface area contributed by atoms with Crippen molar-refractivity contribution in [3.63, 3.8) is 0 Å². The Hall–Kier alpha value is -2.18. The van der Waals surface area contributed by atoms with Gasteiger partial charge in [-0.2, -0.15) is 0 Å². The summed E-state index contributed by atoms with van der Waals surface area (Å²) in [7, 11) is 0. The Labute approximate surface area is 120 Å². The van der Waals surface area contributed by atoms with Crippen LogP contribution in [0.25, 0.3) is 0 Å². The van der Waals surface area contributed by atoms with Crippen LogP contribution in [-0.2, 0) is 0 Å². The van der Waals surface area contributed by atoms with E-state index in [-0.39, 0.29) is 12.2 Å². The maximum absolute atomic E-state index is 13.9. The van der Waals surface area contributed by atoms with Crippen LogP contribution >= 0.6 is 0 Å². The lowest BCUT2D eigenvalue weighted by Crippen LogP contribution is -2.44. The van der Waals surface area contributed by atoms with Gasteiger partial charge in [0.15, 0.2) is 17.6 Å². The molecule has 6 heteroatoms. The minimum absolute atomic E-state index is 0.102. The Kier molecular flexibility index (Phi) is 3.72. The minimum Gasteiger partial charge on any atom is -0.486 e. The molecular formula is C15H14F2N2O2. The van der Waals surface area contributed by atoms with E-state index in [1.54, 1.807) is 18.2 Å². The average molecular weight is 292 g/mol. The smallest absolute Gasteiger partial charge is 0.161 e. The third-order valence-electron chi connectivity index (χ3n) is 3.38. The molecule has 0 bridgehead atoms. The van der Waals surface area contributed by atoms with Gasteiger partial charge in [-0.25, -0.2) is 14.2 Å². The summed E-state index contributed by atoms with van der Waals surface area (Å²) >= 11 is 0. The zero-order chi connectivity index (χ0) is 14.8. The summed E-state index contributed by atoms with van der Waals surface area (Å²) in [5, 5.41) is 0. The standard InChI is InChI=1S/C15H14F2N2O2/c16-9-5-6-11(17)10(7-9)15(19-18)14-8-20-12-3-1-2-4-13(12)21-14/h1-7,14-15,19H,8,18H2. The van der Waals surface area contributed by atoms with E-state index < -0.39 is 23.8 Å². The van der Waals surface area contributed by atoms with Crippen molar-refractivity contribution in [2.75, 3.05) is 6.61 Å². The highest BCUT2D eigenvalue weighted by Gasteiger charge is 2.31. The highest BCUT2D eigenvalue weighted by atomic mass is 19.1. The molecule has 0 aromatic heterocycles. The third-order valence-corrected chi connectivity index (χ3v) is 3.38. The largest absolute Gasteiger partial charge is 0.486 e. The second-order valence-corrected chi connectivity index (χ2v) is 4.72. The van der Waals surface area contributed by atoms with Crippen LogP contribution in [0, 0.1) is 11.6 Å². The summed E-state index contributed by atoms with van der Waals surface area (Å²) in [6.07, 6.45) is -0.568. The number of fused-ring (bicyclic) bond motifs is 1. The summed E-state index contributed by atoms with van der Waals surface area (Å²) in [6, 6.07) is 9.65. The Morgan fingerprint density at radius 3 is 2.67 bits per heavy atom. The monoisotopic (exact) mass is 292 g/mol. The number of nitrogens with two attached hydrogens (primary N) is 1. The van der Waals surface area contributed by atoms with Crippen molar-refractivity contribution in [1.29, 1.82) is 0 Å². The number of hydrogen-bond acceptors (Lipinski definition) is 4. The maximum Gasteiger partial charge on any atom is 0.161 e. The van der Waals surface area contributed by atoms with Crippen LogP contribution in [0.5, 0.6) is 11.5 Å². The molecule has 2 aromatic rings. The van der Waals surface area contributed by atoms with Gasteiger partial charge < -0.3 is 9.47 Å². The van der Waals surface area contributed by atoms with Crippen molar-refractivity contribution in [2.45, 2.75) is 12.1 Å². The zero-order valence-electron chi connectivity index (χ0n) is 11.1. The predicted octanol–water partition coefficient (Wildman–Crippen LogP) is 2.31. The van der Waals surface area contributed by atoms with Crippen LogP contribution < -0.4 is 20.7 Å². The Morgan fingerprint density at radius 2 is 1.90 bits per heavy atom. The van der Waals surface area contributed by atoms with E-state index in [4.69, 9.17) is 15.3 Å². The molecule has 1 heterocycles. The molecular weight excluding hydrogens is 278 g/mol. The first kappa shape index (κ1) is 13.8.